The van der Waals surface area contributed by atoms with Crippen molar-refractivity contribution in [2.45, 2.75) is 33.2 Å². The highest BCUT2D eigenvalue weighted by molar-refractivity contribution is 6.31. The van der Waals surface area contributed by atoms with E-state index >= 15 is 0 Å². The summed E-state index contributed by atoms with van der Waals surface area (Å²) >= 11 is 6.25. The molecule has 0 fully saturated rings. The highest BCUT2D eigenvalue weighted by Crippen LogP contribution is 2.28. The first-order chi connectivity index (χ1) is 12.9. The van der Waals surface area contributed by atoms with Gasteiger partial charge in [0.2, 0.25) is 5.91 Å². The molecule has 6 heteroatoms. The van der Waals surface area contributed by atoms with Crippen LogP contribution in [0.2, 0.25) is 5.15 Å². The van der Waals surface area contributed by atoms with Crippen LogP contribution in [0.25, 0.3) is 17.0 Å². The quantitative estimate of drug-likeness (QED) is 0.552. The monoisotopic (exact) mass is 385 g/mol. The minimum Gasteiger partial charge on any atom is -0.459 e. The predicted octanol–water partition coefficient (Wildman–Crippen LogP) is 5.14. The van der Waals surface area contributed by atoms with E-state index in [0.717, 1.165) is 34.4 Å². The number of para-hydroxylation sites is 1. The maximum atomic E-state index is 12.9. The van der Waals surface area contributed by atoms with Crippen LogP contribution in [0.5, 0.6) is 0 Å². The maximum Gasteiger partial charge on any atom is 0.247 e. The molecule has 1 atom stereocenters. The lowest BCUT2D eigenvalue weighted by Gasteiger charge is -2.26. The average molecular weight is 386 g/mol. The Balaban J connectivity index is 1.85. The van der Waals surface area contributed by atoms with Gasteiger partial charge < -0.3 is 9.32 Å². The second kappa shape index (κ2) is 8.01. The van der Waals surface area contributed by atoms with Crippen molar-refractivity contribution in [3.8, 4) is 0 Å². The number of aromatic nitrogens is 2. The molecule has 0 saturated heterocycles. The van der Waals surface area contributed by atoms with Crippen LogP contribution < -0.4 is 0 Å². The van der Waals surface area contributed by atoms with Crippen molar-refractivity contribution in [2.24, 2.45) is 7.05 Å². The Labute approximate surface area is 164 Å². The molecule has 0 radical (unpaired) electrons. The Morgan fingerprint density at radius 2 is 2.15 bits per heavy atom. The molecule has 3 rings (SSSR count). The molecule has 2 heterocycles. The number of furan rings is 1. The number of hydrogen-bond donors (Lipinski definition) is 0. The van der Waals surface area contributed by atoms with Crippen LogP contribution in [0.3, 0.4) is 0 Å². The Hall–Kier alpha value is -2.53. The van der Waals surface area contributed by atoms with Gasteiger partial charge in [-0.1, -0.05) is 36.7 Å². The fourth-order valence-corrected chi connectivity index (χ4v) is 3.42. The fourth-order valence-electron chi connectivity index (χ4n) is 3.18. The molecule has 0 aliphatic carbocycles. The van der Waals surface area contributed by atoms with E-state index < -0.39 is 0 Å². The Bertz CT molecular complexity index is 954. The van der Waals surface area contributed by atoms with Crippen molar-refractivity contribution in [1.29, 1.82) is 0 Å². The minimum atomic E-state index is -0.167. The van der Waals surface area contributed by atoms with Crippen molar-refractivity contribution >= 4 is 34.6 Å². The predicted molar refractivity (Wildman–Crippen MR) is 109 cm³/mol. The Kier molecular flexibility index (Phi) is 5.71. The zero-order valence-electron chi connectivity index (χ0n) is 16.1. The number of fused-ring (bicyclic) bond motifs is 1. The third-order valence-electron chi connectivity index (χ3n) is 4.66. The van der Waals surface area contributed by atoms with Gasteiger partial charge >= 0.3 is 0 Å². The molecule has 0 spiro atoms. The molecule has 5 nitrogen and oxygen atoms in total. The van der Waals surface area contributed by atoms with Crippen LogP contribution in [-0.4, -0.2) is 27.1 Å². The largest absolute Gasteiger partial charge is 0.459 e. The lowest BCUT2D eigenvalue weighted by atomic mass is 10.1. The van der Waals surface area contributed by atoms with Crippen molar-refractivity contribution in [1.82, 2.24) is 14.7 Å². The van der Waals surface area contributed by atoms with E-state index in [-0.39, 0.29) is 11.9 Å². The SMILES string of the molecule is CCCN(C(=O)/C=C/c1c(C)nn(C)c1Cl)C(C)c1cc2ccccc2o1. The number of benzene rings is 1. The van der Waals surface area contributed by atoms with Gasteiger partial charge in [-0.15, -0.1) is 0 Å². The normalized spacial score (nSPS) is 12.8. The number of rotatable bonds is 6. The Morgan fingerprint density at radius 1 is 1.41 bits per heavy atom. The van der Waals surface area contributed by atoms with Gasteiger partial charge in [0.05, 0.1) is 11.7 Å². The van der Waals surface area contributed by atoms with Crippen molar-refractivity contribution < 1.29 is 9.21 Å². The number of amides is 1. The first-order valence-corrected chi connectivity index (χ1v) is 9.46. The van der Waals surface area contributed by atoms with Crippen LogP contribution in [0.4, 0.5) is 0 Å². The molecule has 27 heavy (non-hydrogen) atoms. The Morgan fingerprint density at radius 3 is 2.78 bits per heavy atom. The standard InChI is InChI=1S/C21H24ClN3O2/c1-5-12-25(15(3)19-13-16-8-6-7-9-18(16)27-19)20(26)11-10-17-14(2)23-24(4)21(17)22/h6-11,13,15H,5,12H2,1-4H3/b11-10+. The van der Waals surface area contributed by atoms with Gasteiger partial charge in [0, 0.05) is 30.6 Å². The smallest absolute Gasteiger partial charge is 0.247 e. The number of carbonyl (C=O) groups is 1. The van der Waals surface area contributed by atoms with Gasteiger partial charge in [-0.05, 0) is 38.5 Å². The molecule has 0 bridgehead atoms. The summed E-state index contributed by atoms with van der Waals surface area (Å²) in [5.74, 6) is 0.700. The number of hydrogen-bond acceptors (Lipinski definition) is 3. The van der Waals surface area contributed by atoms with Crippen LogP contribution in [0, 0.1) is 6.92 Å². The molecule has 1 amide bonds. The number of aryl methyl sites for hydroxylation is 2. The fraction of sp³-hybridized carbons (Fsp3) is 0.333. The van der Waals surface area contributed by atoms with Crippen LogP contribution >= 0.6 is 11.6 Å². The van der Waals surface area contributed by atoms with Crippen LogP contribution in [-0.2, 0) is 11.8 Å². The molecule has 142 valence electrons. The number of carbonyl (C=O) groups excluding carboxylic acids is 1. The van der Waals surface area contributed by atoms with Gasteiger partial charge in [-0.3, -0.25) is 9.48 Å². The maximum absolute atomic E-state index is 12.9. The average Bonchev–Trinajstić information content (AvgIpc) is 3.18. The highest BCUT2D eigenvalue weighted by atomic mass is 35.5. The van der Waals surface area contributed by atoms with E-state index in [1.165, 1.54) is 0 Å². The summed E-state index contributed by atoms with van der Waals surface area (Å²) in [6, 6.07) is 9.70. The van der Waals surface area contributed by atoms with E-state index in [1.807, 2.05) is 49.1 Å². The minimum absolute atomic E-state index is 0.0795. The summed E-state index contributed by atoms with van der Waals surface area (Å²) in [4.78, 5) is 14.7. The number of nitrogens with zero attached hydrogens (tertiary/aromatic N) is 3. The summed E-state index contributed by atoms with van der Waals surface area (Å²) in [6.07, 6.45) is 4.16. The summed E-state index contributed by atoms with van der Waals surface area (Å²) in [5.41, 5.74) is 2.39. The summed E-state index contributed by atoms with van der Waals surface area (Å²) in [5, 5.41) is 5.83. The van der Waals surface area contributed by atoms with Crippen LogP contribution in [0.1, 0.15) is 43.3 Å². The van der Waals surface area contributed by atoms with Crippen molar-refractivity contribution in [3.63, 3.8) is 0 Å². The lowest BCUT2D eigenvalue weighted by Crippen LogP contribution is -2.32. The van der Waals surface area contributed by atoms with Gasteiger partial charge in [0.15, 0.2) is 0 Å². The van der Waals surface area contributed by atoms with E-state index in [9.17, 15) is 4.79 Å². The van der Waals surface area contributed by atoms with Gasteiger partial charge in [-0.25, -0.2) is 0 Å². The molecule has 2 aromatic heterocycles. The molecule has 0 N–H and O–H groups in total. The van der Waals surface area contributed by atoms with E-state index in [4.69, 9.17) is 16.0 Å². The number of halogens is 1. The second-order valence-corrected chi connectivity index (χ2v) is 7.00. The van der Waals surface area contributed by atoms with E-state index in [1.54, 1.807) is 23.9 Å². The summed E-state index contributed by atoms with van der Waals surface area (Å²) < 4.78 is 7.56. The van der Waals surface area contributed by atoms with Crippen LogP contribution in [0.15, 0.2) is 40.8 Å². The van der Waals surface area contributed by atoms with Gasteiger partial charge in [0.1, 0.15) is 16.5 Å². The molecule has 1 unspecified atom stereocenters. The molecular formula is C21H24ClN3O2. The molecule has 1 aromatic carbocycles. The topological polar surface area (TPSA) is 51.3 Å². The van der Waals surface area contributed by atoms with Crippen molar-refractivity contribution in [2.75, 3.05) is 6.54 Å². The first-order valence-electron chi connectivity index (χ1n) is 9.08. The zero-order valence-corrected chi connectivity index (χ0v) is 16.8. The first kappa shape index (κ1) is 19.2. The van der Waals surface area contributed by atoms with Gasteiger partial charge in [0.25, 0.3) is 0 Å². The molecule has 0 aliphatic heterocycles. The second-order valence-electron chi connectivity index (χ2n) is 6.64. The molecule has 0 aliphatic rings. The van der Waals surface area contributed by atoms with Gasteiger partial charge in [-0.2, -0.15) is 5.10 Å². The van der Waals surface area contributed by atoms with E-state index in [0.29, 0.717) is 11.7 Å². The molecular weight excluding hydrogens is 362 g/mol. The molecule has 3 aromatic rings. The zero-order chi connectivity index (χ0) is 19.6. The van der Waals surface area contributed by atoms with Crippen molar-refractivity contribution in [3.05, 3.63) is 58.6 Å². The third-order valence-corrected chi connectivity index (χ3v) is 5.11. The summed E-state index contributed by atoms with van der Waals surface area (Å²) in [6.45, 7) is 6.55. The summed E-state index contributed by atoms with van der Waals surface area (Å²) in [7, 11) is 1.78. The highest BCUT2D eigenvalue weighted by Gasteiger charge is 2.22. The lowest BCUT2D eigenvalue weighted by molar-refractivity contribution is -0.128. The van der Waals surface area contributed by atoms with E-state index in [2.05, 4.69) is 12.0 Å². The molecule has 0 saturated carbocycles. The third kappa shape index (κ3) is 3.93.